The summed E-state index contributed by atoms with van der Waals surface area (Å²) in [6.45, 7) is 5.54. The third-order valence-corrected chi connectivity index (χ3v) is 3.09. The van der Waals surface area contributed by atoms with Crippen molar-refractivity contribution in [2.75, 3.05) is 0 Å². The maximum atomic E-state index is 10.4. The number of rotatable bonds is 10. The molecule has 0 radical (unpaired) electrons. The van der Waals surface area contributed by atoms with Gasteiger partial charge in [0.15, 0.2) is 11.4 Å². The molecule has 6 nitrogen and oxygen atoms in total. The monoisotopic (exact) mass is 325 g/mol. The lowest BCUT2D eigenvalue weighted by Gasteiger charge is -2.09. The smallest absolute Gasteiger partial charge is 0.344 e. The molecule has 1 rings (SSSR count). The molecule has 0 aliphatic rings. The second kappa shape index (κ2) is 13.5. The molecule has 2 unspecified atom stereocenters. The van der Waals surface area contributed by atoms with E-state index in [9.17, 15) is 9.70 Å². The maximum Gasteiger partial charge on any atom is 0.344 e. The Hall–Kier alpha value is -2.11. The van der Waals surface area contributed by atoms with Gasteiger partial charge in [-0.05, 0) is 38.8 Å². The van der Waals surface area contributed by atoms with Gasteiger partial charge in [-0.25, -0.2) is 4.79 Å². The van der Waals surface area contributed by atoms with Crippen molar-refractivity contribution in [1.82, 2.24) is 0 Å². The summed E-state index contributed by atoms with van der Waals surface area (Å²) in [5, 5.41) is 10.9. The van der Waals surface area contributed by atoms with Gasteiger partial charge >= 0.3 is 5.97 Å². The van der Waals surface area contributed by atoms with Crippen molar-refractivity contribution in [3.05, 3.63) is 35.2 Å². The fraction of sp³-hybridized carbons (Fsp3) is 0.588. The molecule has 0 bridgehead atoms. The van der Waals surface area contributed by atoms with Crippen molar-refractivity contribution in [2.45, 2.75) is 65.1 Å². The van der Waals surface area contributed by atoms with Crippen molar-refractivity contribution in [3.63, 3.8) is 0 Å². The number of para-hydroxylation sites is 1. The molecule has 0 saturated carbocycles. The molecule has 2 atom stereocenters. The molecule has 0 fully saturated rings. The molecule has 1 N–H and O–H groups in total. The predicted octanol–water partition coefficient (Wildman–Crippen LogP) is 4.58. The van der Waals surface area contributed by atoms with Crippen molar-refractivity contribution in [2.24, 2.45) is 5.34 Å². The van der Waals surface area contributed by atoms with E-state index in [1.54, 1.807) is 24.3 Å². The van der Waals surface area contributed by atoms with Crippen LogP contribution in [0.4, 0.5) is 0 Å². The van der Waals surface area contributed by atoms with Gasteiger partial charge in [0.05, 0.1) is 0 Å². The zero-order valence-corrected chi connectivity index (χ0v) is 14.1. The fourth-order valence-electron chi connectivity index (χ4n) is 1.74. The van der Waals surface area contributed by atoms with Crippen molar-refractivity contribution < 1.29 is 19.5 Å². The molecule has 0 heterocycles. The highest BCUT2D eigenvalue weighted by molar-refractivity contribution is 5.72. The summed E-state index contributed by atoms with van der Waals surface area (Å²) in [4.78, 5) is 24.5. The first-order valence-electron chi connectivity index (χ1n) is 7.94. The Morgan fingerprint density at radius 1 is 1.17 bits per heavy atom. The van der Waals surface area contributed by atoms with Gasteiger partial charge in [0.1, 0.15) is 11.9 Å². The molecule has 0 aliphatic heterocycles. The van der Waals surface area contributed by atoms with Crippen LogP contribution in [0.2, 0.25) is 0 Å². The van der Waals surface area contributed by atoms with Crippen molar-refractivity contribution in [3.8, 4) is 5.75 Å². The van der Waals surface area contributed by atoms with Gasteiger partial charge in [-0.15, -0.1) is 4.91 Å². The molecule has 0 aliphatic carbocycles. The second-order valence-corrected chi connectivity index (χ2v) is 5.25. The highest BCUT2D eigenvalue weighted by atomic mass is 16.7. The Kier molecular flexibility index (Phi) is 12.3. The summed E-state index contributed by atoms with van der Waals surface area (Å²) in [6.07, 6.45) is 4.98. The zero-order valence-electron chi connectivity index (χ0n) is 14.1. The highest BCUT2D eigenvalue weighted by Crippen LogP contribution is 2.10. The molecule has 0 spiro atoms. The minimum Gasteiger partial charge on any atom is -0.479 e. The molecule has 1 aromatic carbocycles. The minimum absolute atomic E-state index is 0.00986. The number of carboxylic acids is 1. The summed E-state index contributed by atoms with van der Waals surface area (Å²) in [5.74, 6) is -0.383. The first-order valence-corrected chi connectivity index (χ1v) is 7.94. The SMILES string of the molecule is CC(Oc1ccccc1)C(=O)O.CCCCCCC(C)ON=O. The van der Waals surface area contributed by atoms with E-state index in [4.69, 9.17) is 9.84 Å². The quantitative estimate of drug-likeness (QED) is 0.386. The van der Waals surface area contributed by atoms with Crippen LogP contribution in [0.25, 0.3) is 0 Å². The number of nitrogens with zero attached hydrogens (tertiary/aromatic N) is 1. The Morgan fingerprint density at radius 3 is 2.35 bits per heavy atom. The van der Waals surface area contributed by atoms with Crippen LogP contribution in [0, 0.1) is 4.91 Å². The first kappa shape index (κ1) is 20.9. The molecular formula is C17H27NO5. The number of hydrogen-bond acceptors (Lipinski definition) is 5. The van der Waals surface area contributed by atoms with E-state index in [0.717, 1.165) is 12.8 Å². The molecule has 0 amide bonds. The van der Waals surface area contributed by atoms with Crippen LogP contribution in [0.3, 0.4) is 0 Å². The number of unbranched alkanes of at least 4 members (excludes halogenated alkanes) is 3. The number of carbonyl (C=O) groups is 1. The van der Waals surface area contributed by atoms with E-state index in [-0.39, 0.29) is 6.10 Å². The Balaban J connectivity index is 0.000000423. The summed E-state index contributed by atoms with van der Waals surface area (Å²) >= 11 is 0. The van der Waals surface area contributed by atoms with Gasteiger partial charge < -0.3 is 14.7 Å². The van der Waals surface area contributed by atoms with Crippen molar-refractivity contribution >= 4 is 5.97 Å². The fourth-order valence-corrected chi connectivity index (χ4v) is 1.74. The lowest BCUT2D eigenvalue weighted by Crippen LogP contribution is -2.22. The van der Waals surface area contributed by atoms with Gasteiger partial charge in [0.25, 0.3) is 0 Å². The zero-order chi connectivity index (χ0) is 17.5. The maximum absolute atomic E-state index is 10.4. The standard InChI is InChI=1S/C9H10O3.C8H17NO2/c1-7(9(10)11)12-8-5-3-2-4-6-8;1-3-4-5-6-7-8(2)11-9-10/h2-7H,1H3,(H,10,11);8H,3-7H2,1-2H3. The van der Waals surface area contributed by atoms with E-state index in [2.05, 4.69) is 17.1 Å². The lowest BCUT2D eigenvalue weighted by molar-refractivity contribution is -0.144. The Labute approximate surface area is 137 Å². The molecule has 130 valence electrons. The van der Waals surface area contributed by atoms with E-state index in [0.29, 0.717) is 5.75 Å². The molecular weight excluding hydrogens is 298 g/mol. The van der Waals surface area contributed by atoms with E-state index < -0.39 is 12.1 Å². The van der Waals surface area contributed by atoms with Crippen LogP contribution in [0.5, 0.6) is 5.75 Å². The van der Waals surface area contributed by atoms with Gasteiger partial charge in [0, 0.05) is 0 Å². The summed E-state index contributed by atoms with van der Waals surface area (Å²) < 4.78 is 5.08. The largest absolute Gasteiger partial charge is 0.479 e. The predicted molar refractivity (Wildman–Crippen MR) is 89.3 cm³/mol. The summed E-state index contributed by atoms with van der Waals surface area (Å²) in [7, 11) is 0. The van der Waals surface area contributed by atoms with Crippen molar-refractivity contribution in [1.29, 1.82) is 0 Å². The average molecular weight is 325 g/mol. The lowest BCUT2D eigenvalue weighted by atomic mass is 10.1. The molecule has 23 heavy (non-hydrogen) atoms. The van der Waals surface area contributed by atoms with E-state index >= 15 is 0 Å². The topological polar surface area (TPSA) is 85.2 Å². The highest BCUT2D eigenvalue weighted by Gasteiger charge is 2.11. The van der Waals surface area contributed by atoms with Crippen LogP contribution in [-0.2, 0) is 9.63 Å². The number of ether oxygens (including phenoxy) is 1. The van der Waals surface area contributed by atoms with Crippen LogP contribution in [-0.4, -0.2) is 23.3 Å². The van der Waals surface area contributed by atoms with Crippen LogP contribution in [0.1, 0.15) is 52.9 Å². The van der Waals surface area contributed by atoms with Crippen LogP contribution >= 0.6 is 0 Å². The second-order valence-electron chi connectivity index (χ2n) is 5.25. The number of benzene rings is 1. The first-order chi connectivity index (χ1) is 11.0. The molecule has 0 saturated heterocycles. The van der Waals surface area contributed by atoms with Gasteiger partial charge in [-0.3, -0.25) is 0 Å². The van der Waals surface area contributed by atoms with Crippen LogP contribution in [0.15, 0.2) is 35.7 Å². The van der Waals surface area contributed by atoms with Gasteiger partial charge in [-0.2, -0.15) is 0 Å². The molecule has 1 aromatic rings. The third kappa shape index (κ3) is 12.1. The number of aliphatic carboxylic acids is 1. The minimum atomic E-state index is -0.959. The Morgan fingerprint density at radius 2 is 1.83 bits per heavy atom. The number of hydrogen-bond donors (Lipinski definition) is 1. The summed E-state index contributed by atoms with van der Waals surface area (Å²) in [6, 6.07) is 8.88. The van der Waals surface area contributed by atoms with E-state index in [1.807, 2.05) is 13.0 Å². The molecule has 0 aromatic heterocycles. The Bertz CT molecular complexity index is 424. The van der Waals surface area contributed by atoms with E-state index in [1.165, 1.54) is 26.2 Å². The van der Waals surface area contributed by atoms with Gasteiger partial charge in [0.2, 0.25) is 0 Å². The van der Waals surface area contributed by atoms with Crippen LogP contribution < -0.4 is 4.74 Å². The normalized spacial score (nSPS) is 12.3. The average Bonchev–Trinajstić information content (AvgIpc) is 2.53. The number of carboxylic acid groups (broad SMARTS) is 1. The summed E-state index contributed by atoms with van der Waals surface area (Å²) in [5.41, 5.74) is 0. The third-order valence-electron chi connectivity index (χ3n) is 3.09. The molecule has 6 heteroatoms. The van der Waals surface area contributed by atoms with Gasteiger partial charge in [-0.1, -0.05) is 44.4 Å².